The number of nitrogens with one attached hydrogen (secondary N) is 7. The molecule has 6 amide bonds. The fourth-order valence-corrected chi connectivity index (χ4v) is 9.64. The molecule has 0 fully saturated rings. The highest BCUT2D eigenvalue weighted by Crippen LogP contribution is 2.05. The van der Waals surface area contributed by atoms with Crippen molar-refractivity contribution in [1.29, 1.82) is 0 Å². The lowest BCUT2D eigenvalue weighted by Gasteiger charge is -2.24. The summed E-state index contributed by atoms with van der Waals surface area (Å²) in [6.45, 7) is 7.98. The van der Waals surface area contributed by atoms with Crippen LogP contribution in [0, 0.1) is 0 Å². The predicted molar refractivity (Wildman–Crippen MR) is 368 cm³/mol. The summed E-state index contributed by atoms with van der Waals surface area (Å²) >= 11 is 0. The zero-order chi connectivity index (χ0) is 75.4. The van der Waals surface area contributed by atoms with Crippen molar-refractivity contribution in [2.45, 2.75) is 89.9 Å². The summed E-state index contributed by atoms with van der Waals surface area (Å²) in [6.07, 6.45) is 0.976. The molecule has 0 aromatic heterocycles. The van der Waals surface area contributed by atoms with E-state index in [4.69, 9.17) is 37.9 Å². The maximum Gasteiger partial charge on any atom is 0.306 e. The van der Waals surface area contributed by atoms with Gasteiger partial charge in [-0.15, -0.1) is 0 Å². The van der Waals surface area contributed by atoms with Gasteiger partial charge in [0.15, 0.2) is 0 Å². The van der Waals surface area contributed by atoms with Gasteiger partial charge in [0.1, 0.15) is 0 Å². The second-order valence-electron chi connectivity index (χ2n) is 23.2. The van der Waals surface area contributed by atoms with Crippen LogP contribution in [0.15, 0.2) is 0 Å². The number of ether oxygens (including phenoxy) is 8. The highest BCUT2D eigenvalue weighted by atomic mass is 16.5. The van der Waals surface area contributed by atoms with Crippen LogP contribution < -0.4 is 37.2 Å². The van der Waals surface area contributed by atoms with Gasteiger partial charge in [0.2, 0.25) is 35.4 Å². The highest BCUT2D eigenvalue weighted by molar-refractivity contribution is 5.79. The number of carbonyl (C=O) groups excluding carboxylic acids is 14. The van der Waals surface area contributed by atoms with Crippen LogP contribution >= 0.6 is 0 Å². The second kappa shape index (κ2) is 61.0. The van der Waals surface area contributed by atoms with Crippen LogP contribution in [-0.2, 0) is 105 Å². The first-order chi connectivity index (χ1) is 48.5. The Morgan fingerprint density at radius 3 is 0.426 bits per heavy atom. The van der Waals surface area contributed by atoms with Crippen molar-refractivity contribution in [3.63, 3.8) is 0 Å². The zero-order valence-electron chi connectivity index (χ0n) is 61.3. The molecule has 0 atom stereocenters. The smallest absolute Gasteiger partial charge is 0.306 e. The first-order valence-electron chi connectivity index (χ1n) is 34.3. The number of amides is 6. The monoisotopic (exact) mass is 1450 g/mol. The molecule has 0 bridgehead atoms. The summed E-state index contributed by atoms with van der Waals surface area (Å²) in [7, 11) is 12.0. The van der Waals surface area contributed by atoms with Gasteiger partial charge >= 0.3 is 47.8 Å². The molecule has 36 nitrogen and oxygen atoms in total. The van der Waals surface area contributed by atoms with E-state index < -0.39 is 47.8 Å². The van der Waals surface area contributed by atoms with Crippen molar-refractivity contribution in [2.24, 2.45) is 0 Å². The largest absolute Gasteiger partial charge is 0.469 e. The van der Waals surface area contributed by atoms with Crippen molar-refractivity contribution < 1.29 is 105 Å². The molecule has 0 aromatic carbocycles. The number of carbonyl (C=O) groups is 14. The molecule has 0 radical (unpaired) electrons. The number of methoxy groups -OCH3 is 8. The molecule has 0 spiro atoms. The highest BCUT2D eigenvalue weighted by Gasteiger charge is 2.20. The minimum absolute atomic E-state index is 0.0390. The Bertz CT molecular complexity index is 2080. The minimum Gasteiger partial charge on any atom is -0.469 e. The molecule has 0 saturated heterocycles. The summed E-state index contributed by atoms with van der Waals surface area (Å²) in [4.78, 5) is 187. The van der Waals surface area contributed by atoms with Crippen LogP contribution in [0.3, 0.4) is 0 Å². The number of rotatable bonds is 63. The third-order valence-electron chi connectivity index (χ3n) is 16.0. The van der Waals surface area contributed by atoms with Crippen molar-refractivity contribution in [3.05, 3.63) is 0 Å². The van der Waals surface area contributed by atoms with Crippen LogP contribution in [0.25, 0.3) is 0 Å². The normalized spacial score (nSPS) is 11.1. The van der Waals surface area contributed by atoms with E-state index in [9.17, 15) is 67.1 Å². The molecule has 0 aromatic rings. The Morgan fingerprint density at radius 1 is 0.188 bits per heavy atom. The number of nitrogens with zero attached hydrogens (tertiary/aromatic N) is 7. The van der Waals surface area contributed by atoms with E-state index in [1.165, 1.54) is 56.9 Å². The molecule has 580 valence electrons. The molecule has 0 aliphatic heterocycles. The van der Waals surface area contributed by atoms with E-state index in [0.717, 1.165) is 0 Å². The van der Waals surface area contributed by atoms with Gasteiger partial charge in [0, 0.05) is 222 Å². The maximum atomic E-state index is 13.4. The lowest BCUT2D eigenvalue weighted by molar-refractivity contribution is -0.142. The van der Waals surface area contributed by atoms with Crippen LogP contribution in [-0.4, -0.2) is 365 Å². The van der Waals surface area contributed by atoms with Crippen LogP contribution in [0.4, 0.5) is 0 Å². The maximum absolute atomic E-state index is 13.4. The summed E-state index contributed by atoms with van der Waals surface area (Å²) in [6, 6.07) is 0. The molecular weight excluding hydrogens is 1330 g/mol. The second-order valence-corrected chi connectivity index (χ2v) is 23.2. The Kier molecular flexibility index (Phi) is 56.3. The van der Waals surface area contributed by atoms with Gasteiger partial charge in [-0.3, -0.25) is 67.1 Å². The van der Waals surface area contributed by atoms with Crippen molar-refractivity contribution in [3.8, 4) is 0 Å². The molecular formula is C65H118N14O22. The fourth-order valence-electron chi connectivity index (χ4n) is 9.64. The third kappa shape index (κ3) is 53.7. The number of esters is 8. The summed E-state index contributed by atoms with van der Waals surface area (Å²) in [5, 5.41) is 20.5. The number of hydrogen-bond donors (Lipinski definition) is 7. The first kappa shape index (κ1) is 93.3. The van der Waals surface area contributed by atoms with E-state index in [0.29, 0.717) is 52.4 Å². The third-order valence-corrected chi connectivity index (χ3v) is 16.0. The van der Waals surface area contributed by atoms with Gasteiger partial charge in [-0.05, 0) is 7.05 Å². The lowest BCUT2D eigenvalue weighted by Crippen LogP contribution is -2.42. The summed E-state index contributed by atoms with van der Waals surface area (Å²) in [5.74, 6) is -5.09. The summed E-state index contributed by atoms with van der Waals surface area (Å²) in [5.41, 5.74) is 0. The average molecular weight is 1450 g/mol. The Morgan fingerprint density at radius 2 is 0.307 bits per heavy atom. The van der Waals surface area contributed by atoms with Gasteiger partial charge < -0.3 is 109 Å². The Balaban J connectivity index is 5.96. The van der Waals surface area contributed by atoms with Crippen LogP contribution in [0.1, 0.15) is 89.9 Å². The van der Waals surface area contributed by atoms with Crippen LogP contribution in [0.5, 0.6) is 0 Å². The van der Waals surface area contributed by atoms with Gasteiger partial charge in [-0.25, -0.2) is 0 Å². The van der Waals surface area contributed by atoms with Gasteiger partial charge in [-0.2, -0.15) is 0 Å². The van der Waals surface area contributed by atoms with Crippen molar-refractivity contribution in [2.75, 3.05) is 247 Å². The molecule has 0 aliphatic rings. The van der Waals surface area contributed by atoms with E-state index in [-0.39, 0.29) is 256 Å². The molecule has 7 N–H and O–H groups in total. The van der Waals surface area contributed by atoms with E-state index in [2.05, 4.69) is 37.2 Å². The summed E-state index contributed by atoms with van der Waals surface area (Å²) < 4.78 is 38.0. The van der Waals surface area contributed by atoms with Crippen LogP contribution in [0.2, 0.25) is 0 Å². The van der Waals surface area contributed by atoms with E-state index in [1.807, 2.05) is 34.3 Å². The Hall–Kier alpha value is -7.74. The van der Waals surface area contributed by atoms with E-state index >= 15 is 0 Å². The Labute approximate surface area is 594 Å². The minimum atomic E-state index is -0.424. The fraction of sp³-hybridized carbons (Fsp3) is 0.785. The topological polar surface area (TPSA) is 420 Å². The molecule has 101 heavy (non-hydrogen) atoms. The number of likely N-dealkylation sites (N-methyl/N-ethyl adjacent to an activating group) is 1. The molecule has 36 heteroatoms. The zero-order valence-corrected chi connectivity index (χ0v) is 61.3. The molecule has 0 rings (SSSR count). The molecule has 0 aliphatic carbocycles. The molecule has 0 saturated carbocycles. The van der Waals surface area contributed by atoms with Gasteiger partial charge in [0.25, 0.3) is 0 Å². The molecule has 0 heterocycles. The number of hydrogen-bond acceptors (Lipinski definition) is 30. The SMILES string of the molecule is CNCCN(CCC(=O)NCCN(CCC(=O)NCCN(CCC(=O)OC)CCC(=O)OC)CCC(=O)NCCN(CCC(=O)OC)CCC(=O)OC)CCC(=O)NCCN(CCC(=O)NCCN(CCC(=O)OC)CCC(=O)OC)CCC(=O)NCCN(CCC(=O)OC)CCC(=O)OC. The van der Waals surface area contributed by atoms with E-state index in [1.54, 1.807) is 7.05 Å². The van der Waals surface area contributed by atoms with Gasteiger partial charge in [-0.1, -0.05) is 0 Å². The first-order valence-corrected chi connectivity index (χ1v) is 34.3. The predicted octanol–water partition coefficient (Wildman–Crippen LogP) is -4.14. The molecule has 0 unspecified atom stereocenters. The van der Waals surface area contributed by atoms with Crippen molar-refractivity contribution in [1.82, 2.24) is 71.5 Å². The van der Waals surface area contributed by atoms with Gasteiger partial charge in [0.05, 0.1) is 108 Å². The standard InChI is InChI=1S/C65H118N14O22/c1-66-24-45-73(31-10-52(80)67-25-46-74(33-12-54(82)69-27-48-76(37-16-58(86)94-2)38-17-59(87)95-3)34-13-55(83)70-28-49-77(39-18-60(88)96-4)40-19-61(89)97-5)32-11-53(81)68-26-47-75(35-14-56(84)71-29-50-78(41-20-62(90)98-6)42-21-63(91)99-7)36-15-57(85)72-30-51-79(43-22-64(92)100-8)44-23-65(93)101-9/h66H,10-51H2,1-9H3,(H,67,80)(H,68,81)(H,69,82)(H,70,83)(H,71,84)(H,72,85). The van der Waals surface area contributed by atoms with Crippen molar-refractivity contribution >= 4 is 83.2 Å². The average Bonchev–Trinajstić information content (AvgIpc) is 2.14. The quantitative estimate of drug-likeness (QED) is 0.0225. The lowest BCUT2D eigenvalue weighted by atomic mass is 10.2.